The Morgan fingerprint density at radius 2 is 1.68 bits per heavy atom. The maximum atomic E-state index is 12.2. The zero-order valence-electron chi connectivity index (χ0n) is 15.7. The lowest BCUT2D eigenvalue weighted by atomic mass is 10.0. The zero-order valence-corrected chi connectivity index (χ0v) is 15.7. The molecule has 140 valence electrons. The molecular formula is C24H23N3O. The molecule has 0 atom stereocenters. The van der Waals surface area contributed by atoms with Crippen LogP contribution in [0, 0.1) is 0 Å². The molecular weight excluding hydrogens is 346 g/mol. The first-order chi connectivity index (χ1) is 13.8. The first kappa shape index (κ1) is 18.0. The molecule has 28 heavy (non-hydrogen) atoms. The molecule has 1 amide bonds. The molecule has 0 fully saturated rings. The summed E-state index contributed by atoms with van der Waals surface area (Å²) in [7, 11) is 0. The van der Waals surface area contributed by atoms with Gasteiger partial charge in [0.2, 0.25) is 5.91 Å². The molecule has 1 heterocycles. The van der Waals surface area contributed by atoms with Crippen molar-refractivity contribution in [1.29, 1.82) is 0 Å². The summed E-state index contributed by atoms with van der Waals surface area (Å²) < 4.78 is 1.88. The first-order valence-electron chi connectivity index (χ1n) is 9.61. The van der Waals surface area contributed by atoms with Gasteiger partial charge >= 0.3 is 0 Å². The van der Waals surface area contributed by atoms with E-state index in [2.05, 4.69) is 34.7 Å². The number of para-hydroxylation sites is 1. The van der Waals surface area contributed by atoms with Crippen LogP contribution in [0.25, 0.3) is 16.5 Å². The second-order valence-corrected chi connectivity index (χ2v) is 6.94. The maximum absolute atomic E-state index is 12.2. The molecule has 0 saturated carbocycles. The molecule has 0 unspecified atom stereocenters. The summed E-state index contributed by atoms with van der Waals surface area (Å²) in [6.45, 7) is 0.670. The average molecular weight is 369 g/mol. The van der Waals surface area contributed by atoms with Crippen LogP contribution in [0.3, 0.4) is 0 Å². The third-order valence-electron chi connectivity index (χ3n) is 4.80. The van der Waals surface area contributed by atoms with Crippen molar-refractivity contribution < 1.29 is 4.79 Å². The van der Waals surface area contributed by atoms with E-state index in [1.54, 1.807) is 0 Å². The van der Waals surface area contributed by atoms with Crippen molar-refractivity contribution in [3.8, 4) is 5.69 Å². The number of benzene rings is 3. The lowest BCUT2D eigenvalue weighted by Gasteiger charge is -2.06. The van der Waals surface area contributed by atoms with E-state index >= 15 is 0 Å². The van der Waals surface area contributed by atoms with Crippen LogP contribution in [0.1, 0.15) is 17.5 Å². The van der Waals surface area contributed by atoms with Gasteiger partial charge in [-0.05, 0) is 46.9 Å². The summed E-state index contributed by atoms with van der Waals surface area (Å²) in [4.78, 5) is 12.2. The number of nitrogens with zero attached hydrogens (tertiary/aromatic N) is 2. The van der Waals surface area contributed by atoms with Gasteiger partial charge in [0.25, 0.3) is 0 Å². The Morgan fingerprint density at radius 1 is 0.893 bits per heavy atom. The van der Waals surface area contributed by atoms with E-state index in [1.807, 2.05) is 65.6 Å². The Kier molecular flexibility index (Phi) is 5.48. The highest BCUT2D eigenvalue weighted by molar-refractivity contribution is 5.85. The smallest absolute Gasteiger partial charge is 0.224 e. The van der Waals surface area contributed by atoms with E-state index in [9.17, 15) is 4.79 Å². The third kappa shape index (κ3) is 4.46. The van der Waals surface area contributed by atoms with E-state index in [1.165, 1.54) is 16.3 Å². The van der Waals surface area contributed by atoms with Crippen LogP contribution in [0.4, 0.5) is 0 Å². The SMILES string of the molecule is O=C(Cc1ccc2ccccc2c1)NCCCc1cnn(-c2ccccc2)c1. The third-order valence-corrected chi connectivity index (χ3v) is 4.80. The van der Waals surface area contributed by atoms with Crippen LogP contribution in [0.15, 0.2) is 85.2 Å². The predicted molar refractivity (Wildman–Crippen MR) is 113 cm³/mol. The van der Waals surface area contributed by atoms with Gasteiger partial charge in [-0.25, -0.2) is 4.68 Å². The molecule has 4 aromatic rings. The highest BCUT2D eigenvalue weighted by atomic mass is 16.1. The van der Waals surface area contributed by atoms with Crippen LogP contribution in [-0.4, -0.2) is 22.2 Å². The maximum Gasteiger partial charge on any atom is 0.224 e. The van der Waals surface area contributed by atoms with E-state index in [0.717, 1.165) is 24.1 Å². The van der Waals surface area contributed by atoms with Crippen molar-refractivity contribution in [2.24, 2.45) is 0 Å². The van der Waals surface area contributed by atoms with Crippen LogP contribution in [0.5, 0.6) is 0 Å². The number of hydrogen-bond acceptors (Lipinski definition) is 2. The number of fused-ring (bicyclic) bond motifs is 1. The van der Waals surface area contributed by atoms with Gasteiger partial charge in [0.05, 0.1) is 18.3 Å². The number of rotatable bonds is 7. The van der Waals surface area contributed by atoms with Crippen LogP contribution in [-0.2, 0) is 17.6 Å². The number of carbonyl (C=O) groups excluding carboxylic acids is 1. The number of hydrogen-bond donors (Lipinski definition) is 1. The Labute approximate surface area is 164 Å². The Balaban J connectivity index is 1.24. The monoisotopic (exact) mass is 369 g/mol. The van der Waals surface area contributed by atoms with Crippen LogP contribution >= 0.6 is 0 Å². The Hall–Kier alpha value is -3.40. The predicted octanol–water partition coefficient (Wildman–Crippen LogP) is 4.32. The highest BCUT2D eigenvalue weighted by Crippen LogP contribution is 2.16. The Bertz CT molecular complexity index is 1070. The van der Waals surface area contributed by atoms with Crippen LogP contribution < -0.4 is 5.32 Å². The topological polar surface area (TPSA) is 46.9 Å². The number of aryl methyl sites for hydroxylation is 1. The second-order valence-electron chi connectivity index (χ2n) is 6.94. The number of carbonyl (C=O) groups is 1. The fourth-order valence-electron chi connectivity index (χ4n) is 3.33. The number of nitrogens with one attached hydrogen (secondary N) is 1. The number of amides is 1. The van der Waals surface area contributed by atoms with Gasteiger partial charge in [-0.2, -0.15) is 5.10 Å². The molecule has 0 aliphatic heterocycles. The van der Waals surface area contributed by atoms with Gasteiger partial charge in [-0.15, -0.1) is 0 Å². The fourth-order valence-corrected chi connectivity index (χ4v) is 3.33. The second kappa shape index (κ2) is 8.53. The quantitative estimate of drug-likeness (QED) is 0.493. The van der Waals surface area contributed by atoms with Gasteiger partial charge in [-0.1, -0.05) is 60.7 Å². The molecule has 0 radical (unpaired) electrons. The van der Waals surface area contributed by atoms with Crippen molar-refractivity contribution >= 4 is 16.7 Å². The van der Waals surface area contributed by atoms with E-state index in [0.29, 0.717) is 13.0 Å². The highest BCUT2D eigenvalue weighted by Gasteiger charge is 2.05. The van der Waals surface area contributed by atoms with Crippen molar-refractivity contribution in [2.75, 3.05) is 6.54 Å². The molecule has 0 aliphatic rings. The van der Waals surface area contributed by atoms with Crippen molar-refractivity contribution in [3.05, 3.63) is 96.3 Å². The molecule has 3 aromatic carbocycles. The summed E-state index contributed by atoms with van der Waals surface area (Å²) in [6.07, 6.45) is 6.14. The summed E-state index contributed by atoms with van der Waals surface area (Å²) >= 11 is 0. The molecule has 1 N–H and O–H groups in total. The van der Waals surface area contributed by atoms with Crippen molar-refractivity contribution in [1.82, 2.24) is 15.1 Å². The summed E-state index contributed by atoms with van der Waals surface area (Å²) in [5, 5.41) is 9.80. The van der Waals surface area contributed by atoms with Crippen molar-refractivity contribution in [3.63, 3.8) is 0 Å². The van der Waals surface area contributed by atoms with Gasteiger partial charge in [0, 0.05) is 12.7 Å². The average Bonchev–Trinajstić information content (AvgIpc) is 3.21. The van der Waals surface area contributed by atoms with Gasteiger partial charge < -0.3 is 5.32 Å². The molecule has 4 heteroatoms. The molecule has 1 aromatic heterocycles. The lowest BCUT2D eigenvalue weighted by molar-refractivity contribution is -0.120. The molecule has 0 saturated heterocycles. The Morgan fingerprint density at radius 3 is 2.54 bits per heavy atom. The van der Waals surface area contributed by atoms with Gasteiger partial charge in [-0.3, -0.25) is 4.79 Å². The summed E-state index contributed by atoms with van der Waals surface area (Å²) in [5.74, 6) is 0.0651. The largest absolute Gasteiger partial charge is 0.356 e. The van der Waals surface area contributed by atoms with E-state index < -0.39 is 0 Å². The molecule has 0 spiro atoms. The summed E-state index contributed by atoms with van der Waals surface area (Å²) in [5.41, 5.74) is 3.27. The molecule has 0 aliphatic carbocycles. The minimum Gasteiger partial charge on any atom is -0.356 e. The van der Waals surface area contributed by atoms with Crippen molar-refractivity contribution in [2.45, 2.75) is 19.3 Å². The standard InChI is InChI=1S/C24H23N3O/c28-24(16-19-12-13-21-8-4-5-9-22(21)15-19)25-14-6-7-20-17-26-27(18-20)23-10-2-1-3-11-23/h1-5,8-13,15,17-18H,6-7,14,16H2,(H,25,28). The van der Waals surface area contributed by atoms with E-state index in [4.69, 9.17) is 0 Å². The normalized spacial score (nSPS) is 10.9. The molecule has 4 rings (SSSR count). The summed E-state index contributed by atoms with van der Waals surface area (Å²) in [6, 6.07) is 24.5. The zero-order chi connectivity index (χ0) is 19.2. The lowest BCUT2D eigenvalue weighted by Crippen LogP contribution is -2.26. The van der Waals surface area contributed by atoms with E-state index in [-0.39, 0.29) is 5.91 Å². The fraction of sp³-hybridized carbons (Fsp3) is 0.167. The minimum atomic E-state index is 0.0651. The van der Waals surface area contributed by atoms with Gasteiger partial charge in [0.15, 0.2) is 0 Å². The molecule has 0 bridgehead atoms. The molecule has 4 nitrogen and oxygen atoms in total. The number of aromatic nitrogens is 2. The van der Waals surface area contributed by atoms with Crippen LogP contribution in [0.2, 0.25) is 0 Å². The minimum absolute atomic E-state index is 0.0651. The van der Waals surface area contributed by atoms with Gasteiger partial charge in [0.1, 0.15) is 0 Å². The first-order valence-corrected chi connectivity index (χ1v) is 9.61.